The van der Waals surface area contributed by atoms with Crippen molar-refractivity contribution in [1.29, 1.82) is 5.41 Å². The van der Waals surface area contributed by atoms with Crippen LogP contribution in [0.3, 0.4) is 0 Å². The van der Waals surface area contributed by atoms with E-state index in [-0.39, 0.29) is 35.3 Å². The highest BCUT2D eigenvalue weighted by Gasteiger charge is 2.18. The molecule has 0 aliphatic carbocycles. The van der Waals surface area contributed by atoms with Crippen LogP contribution in [-0.4, -0.2) is 60.7 Å². The third-order valence-electron chi connectivity index (χ3n) is 5.79. The standard InChI is InChI=1S/C29H33ClN6O4/c1-4-5-6-15-32-26(37)18-40-22-12-13-24(23(16-22)29(39)35-25-14-11-21(30)17-33-25)34-28(38)20-9-7-19(8-10-20)27(31)36(2)3/h7-14,16-17,31H,4-6,15,18H2,1-3H3,(H,32,37)(H,34,38)(H,33,35,39). The fourth-order valence-electron chi connectivity index (χ4n) is 3.58. The van der Waals surface area contributed by atoms with Gasteiger partial charge in [0.15, 0.2) is 6.61 Å². The molecule has 3 amide bonds. The van der Waals surface area contributed by atoms with E-state index in [0.29, 0.717) is 28.5 Å². The Morgan fingerprint density at radius 3 is 2.33 bits per heavy atom. The summed E-state index contributed by atoms with van der Waals surface area (Å²) in [5.41, 5.74) is 1.35. The molecule has 210 valence electrons. The number of pyridine rings is 1. The lowest BCUT2D eigenvalue weighted by Crippen LogP contribution is -2.29. The van der Waals surface area contributed by atoms with Crippen molar-refractivity contribution < 1.29 is 19.1 Å². The summed E-state index contributed by atoms with van der Waals surface area (Å²) in [4.78, 5) is 44.1. The second kappa shape index (κ2) is 14.6. The second-order valence-corrected chi connectivity index (χ2v) is 9.58. The predicted molar refractivity (Wildman–Crippen MR) is 157 cm³/mol. The van der Waals surface area contributed by atoms with Crippen LogP contribution in [0.25, 0.3) is 0 Å². The minimum Gasteiger partial charge on any atom is -0.484 e. The van der Waals surface area contributed by atoms with E-state index in [4.69, 9.17) is 21.7 Å². The maximum Gasteiger partial charge on any atom is 0.259 e. The summed E-state index contributed by atoms with van der Waals surface area (Å²) >= 11 is 5.89. The average molecular weight is 565 g/mol. The Morgan fingerprint density at radius 2 is 1.68 bits per heavy atom. The highest BCUT2D eigenvalue weighted by Crippen LogP contribution is 2.24. The van der Waals surface area contributed by atoms with Crippen molar-refractivity contribution in [1.82, 2.24) is 15.2 Å². The van der Waals surface area contributed by atoms with Crippen LogP contribution >= 0.6 is 11.6 Å². The molecule has 0 bridgehead atoms. The Bertz CT molecular complexity index is 1340. The van der Waals surface area contributed by atoms with Crippen molar-refractivity contribution >= 4 is 46.7 Å². The van der Waals surface area contributed by atoms with Gasteiger partial charge in [0.1, 0.15) is 17.4 Å². The number of anilines is 2. The molecule has 0 saturated carbocycles. The van der Waals surface area contributed by atoms with E-state index in [1.165, 1.54) is 18.3 Å². The number of nitrogens with zero attached hydrogens (tertiary/aromatic N) is 2. The Hall–Kier alpha value is -4.44. The van der Waals surface area contributed by atoms with Crippen molar-refractivity contribution in [2.24, 2.45) is 0 Å². The lowest BCUT2D eigenvalue weighted by Gasteiger charge is -2.15. The highest BCUT2D eigenvalue weighted by molar-refractivity contribution is 6.30. The second-order valence-electron chi connectivity index (χ2n) is 9.14. The Balaban J connectivity index is 1.78. The zero-order valence-electron chi connectivity index (χ0n) is 22.7. The molecule has 3 rings (SSSR count). The van der Waals surface area contributed by atoms with Crippen LogP contribution in [0, 0.1) is 5.41 Å². The topological polar surface area (TPSA) is 137 Å². The van der Waals surface area contributed by atoms with Crippen LogP contribution in [0.2, 0.25) is 5.02 Å². The summed E-state index contributed by atoms with van der Waals surface area (Å²) in [5, 5.41) is 16.7. The fraction of sp³-hybridized carbons (Fsp3) is 0.276. The van der Waals surface area contributed by atoms with Crippen molar-refractivity contribution in [3.8, 4) is 5.75 Å². The number of benzene rings is 2. The van der Waals surface area contributed by atoms with Crippen LogP contribution < -0.4 is 20.7 Å². The molecule has 0 atom stereocenters. The summed E-state index contributed by atoms with van der Waals surface area (Å²) < 4.78 is 5.62. The maximum atomic E-state index is 13.2. The highest BCUT2D eigenvalue weighted by atomic mass is 35.5. The van der Waals surface area contributed by atoms with E-state index >= 15 is 0 Å². The van der Waals surface area contributed by atoms with Gasteiger partial charge in [0.25, 0.3) is 17.7 Å². The van der Waals surface area contributed by atoms with Gasteiger partial charge in [-0.2, -0.15) is 0 Å². The zero-order valence-corrected chi connectivity index (χ0v) is 23.5. The predicted octanol–water partition coefficient (Wildman–Crippen LogP) is 4.81. The van der Waals surface area contributed by atoms with Gasteiger partial charge in [-0.25, -0.2) is 4.98 Å². The average Bonchev–Trinajstić information content (AvgIpc) is 2.95. The molecular weight excluding hydrogens is 532 g/mol. The monoisotopic (exact) mass is 564 g/mol. The van der Waals surface area contributed by atoms with Gasteiger partial charge >= 0.3 is 0 Å². The molecule has 10 nitrogen and oxygen atoms in total. The van der Waals surface area contributed by atoms with E-state index < -0.39 is 11.8 Å². The molecule has 1 heterocycles. The van der Waals surface area contributed by atoms with Crippen LogP contribution in [-0.2, 0) is 4.79 Å². The summed E-state index contributed by atoms with van der Waals surface area (Å²) in [6, 6.07) is 14.3. The van der Waals surface area contributed by atoms with Crippen LogP contribution in [0.15, 0.2) is 60.8 Å². The molecule has 11 heteroatoms. The smallest absolute Gasteiger partial charge is 0.259 e. The quantitative estimate of drug-likeness (QED) is 0.141. The number of unbranched alkanes of at least 4 members (excludes halogenated alkanes) is 2. The lowest BCUT2D eigenvalue weighted by atomic mass is 10.1. The van der Waals surface area contributed by atoms with Crippen molar-refractivity contribution in [3.05, 3.63) is 82.5 Å². The Labute approximate surface area is 238 Å². The largest absolute Gasteiger partial charge is 0.484 e. The first-order chi connectivity index (χ1) is 19.2. The molecule has 2 aromatic carbocycles. The molecule has 0 fully saturated rings. The number of ether oxygens (including phenoxy) is 1. The van der Waals surface area contributed by atoms with Gasteiger partial charge in [-0.05, 0) is 48.9 Å². The van der Waals surface area contributed by atoms with E-state index in [0.717, 1.165) is 19.3 Å². The Kier molecular flexibility index (Phi) is 11.0. The van der Waals surface area contributed by atoms with Gasteiger partial charge in [-0.3, -0.25) is 19.8 Å². The minimum atomic E-state index is -0.547. The number of nitrogens with one attached hydrogen (secondary N) is 4. The van der Waals surface area contributed by atoms with Crippen LogP contribution in [0.4, 0.5) is 11.5 Å². The van der Waals surface area contributed by atoms with E-state index in [9.17, 15) is 14.4 Å². The minimum absolute atomic E-state index is 0.108. The SMILES string of the molecule is CCCCCNC(=O)COc1ccc(NC(=O)c2ccc(C(=N)N(C)C)cc2)c(C(=O)Nc2ccc(Cl)cn2)c1. The number of hydrogen-bond acceptors (Lipinski definition) is 6. The number of carbonyl (C=O) groups excluding carboxylic acids is 3. The number of amides is 3. The van der Waals surface area contributed by atoms with Crippen molar-refractivity contribution in [2.45, 2.75) is 26.2 Å². The van der Waals surface area contributed by atoms with Gasteiger partial charge in [0.05, 0.1) is 16.3 Å². The number of halogens is 1. The number of aromatic nitrogens is 1. The third kappa shape index (κ3) is 8.81. The van der Waals surface area contributed by atoms with Crippen LogP contribution in [0.1, 0.15) is 52.5 Å². The molecule has 0 aliphatic heterocycles. The maximum absolute atomic E-state index is 13.2. The molecule has 1 aromatic heterocycles. The summed E-state index contributed by atoms with van der Waals surface area (Å²) in [6.45, 7) is 2.44. The van der Waals surface area contributed by atoms with Gasteiger partial charge in [0, 0.05) is 38.0 Å². The number of amidine groups is 1. The fourth-order valence-corrected chi connectivity index (χ4v) is 3.69. The van der Waals surface area contributed by atoms with E-state index in [1.54, 1.807) is 61.5 Å². The Morgan fingerprint density at radius 1 is 0.950 bits per heavy atom. The van der Waals surface area contributed by atoms with Gasteiger partial charge in [-0.1, -0.05) is 43.5 Å². The molecule has 0 unspecified atom stereocenters. The van der Waals surface area contributed by atoms with Crippen molar-refractivity contribution in [2.75, 3.05) is 37.9 Å². The molecule has 0 spiro atoms. The first-order valence-electron chi connectivity index (χ1n) is 12.8. The van der Waals surface area contributed by atoms with Gasteiger partial charge in [0.2, 0.25) is 0 Å². The molecule has 40 heavy (non-hydrogen) atoms. The molecule has 3 aromatic rings. The third-order valence-corrected chi connectivity index (χ3v) is 6.02. The molecule has 0 aliphatic rings. The molecular formula is C29H33ClN6O4. The normalized spacial score (nSPS) is 10.4. The van der Waals surface area contributed by atoms with Gasteiger partial charge in [-0.15, -0.1) is 0 Å². The lowest BCUT2D eigenvalue weighted by molar-refractivity contribution is -0.123. The van der Waals surface area contributed by atoms with Crippen LogP contribution in [0.5, 0.6) is 5.75 Å². The number of hydrogen-bond donors (Lipinski definition) is 4. The molecule has 4 N–H and O–H groups in total. The summed E-state index contributed by atoms with van der Waals surface area (Å²) in [5.74, 6) is -0.399. The van der Waals surface area contributed by atoms with E-state index in [1.807, 2.05) is 0 Å². The first-order valence-corrected chi connectivity index (χ1v) is 13.2. The summed E-state index contributed by atoms with van der Waals surface area (Å²) in [6.07, 6.45) is 4.37. The first kappa shape index (κ1) is 30.1. The van der Waals surface area contributed by atoms with Crippen molar-refractivity contribution in [3.63, 3.8) is 0 Å². The molecule has 0 radical (unpaired) electrons. The number of rotatable bonds is 12. The number of carbonyl (C=O) groups is 3. The summed E-state index contributed by atoms with van der Waals surface area (Å²) in [7, 11) is 3.53. The molecule has 0 saturated heterocycles. The van der Waals surface area contributed by atoms with E-state index in [2.05, 4.69) is 27.9 Å². The van der Waals surface area contributed by atoms with Gasteiger partial charge < -0.3 is 25.6 Å². The zero-order chi connectivity index (χ0) is 29.1.